The molecule has 1 N–H and O–H groups in total. The molecule has 0 bridgehead atoms. The van der Waals surface area contributed by atoms with Gasteiger partial charge in [-0.1, -0.05) is 11.6 Å². The minimum Gasteiger partial charge on any atom is -0.505 e. The van der Waals surface area contributed by atoms with Crippen LogP contribution < -0.4 is 0 Å². The van der Waals surface area contributed by atoms with Crippen molar-refractivity contribution in [1.82, 2.24) is 0 Å². The van der Waals surface area contributed by atoms with E-state index in [0.29, 0.717) is 16.9 Å². The molecule has 0 radical (unpaired) electrons. The summed E-state index contributed by atoms with van der Waals surface area (Å²) in [4.78, 5) is 11.6. The highest BCUT2D eigenvalue weighted by Crippen LogP contribution is 2.54. The fourth-order valence-electron chi connectivity index (χ4n) is 2.46. The Morgan fingerprint density at radius 1 is 1.33 bits per heavy atom. The van der Waals surface area contributed by atoms with Crippen LogP contribution >= 0.6 is 11.6 Å². The summed E-state index contributed by atoms with van der Waals surface area (Å²) in [6, 6.07) is 1.78. The van der Waals surface area contributed by atoms with E-state index in [9.17, 15) is 9.90 Å². The summed E-state index contributed by atoms with van der Waals surface area (Å²) in [5, 5.41) is 10.4. The molecule has 0 atom stereocenters. The molecular formula is C14H15ClO3. The molecule has 0 aromatic heterocycles. The van der Waals surface area contributed by atoms with Gasteiger partial charge >= 0.3 is 5.97 Å². The van der Waals surface area contributed by atoms with Gasteiger partial charge in [0.25, 0.3) is 0 Å². The summed E-state index contributed by atoms with van der Waals surface area (Å²) in [6.45, 7) is 0. The molecule has 0 heterocycles. The van der Waals surface area contributed by atoms with E-state index in [1.165, 1.54) is 7.11 Å². The van der Waals surface area contributed by atoms with Crippen LogP contribution in [0.3, 0.4) is 0 Å². The maximum absolute atomic E-state index is 11.6. The third-order valence-electron chi connectivity index (χ3n) is 3.72. The van der Waals surface area contributed by atoms with E-state index in [-0.39, 0.29) is 11.3 Å². The minimum atomic E-state index is -0.529. The molecule has 2 aliphatic carbocycles. The van der Waals surface area contributed by atoms with Gasteiger partial charge in [0.05, 0.1) is 12.1 Å². The van der Waals surface area contributed by atoms with Crippen molar-refractivity contribution in [1.29, 1.82) is 0 Å². The molecule has 0 amide bonds. The number of phenols is 1. The third-order valence-corrected chi connectivity index (χ3v) is 4.10. The monoisotopic (exact) mass is 266 g/mol. The number of esters is 1. The van der Waals surface area contributed by atoms with Crippen molar-refractivity contribution in [2.75, 3.05) is 7.11 Å². The van der Waals surface area contributed by atoms with Crippen LogP contribution in [0.4, 0.5) is 0 Å². The second-order valence-electron chi connectivity index (χ2n) is 5.13. The number of carbonyl (C=O) groups is 1. The predicted molar refractivity (Wildman–Crippen MR) is 68.4 cm³/mol. The van der Waals surface area contributed by atoms with Crippen molar-refractivity contribution in [3.05, 3.63) is 27.8 Å². The number of phenolic OH excluding ortho intramolecular Hbond substituents is 1. The van der Waals surface area contributed by atoms with Crippen molar-refractivity contribution in [3.8, 4) is 5.75 Å². The van der Waals surface area contributed by atoms with E-state index < -0.39 is 5.97 Å². The summed E-state index contributed by atoms with van der Waals surface area (Å²) in [7, 11) is 1.31. The number of hydrogen-bond acceptors (Lipinski definition) is 3. The van der Waals surface area contributed by atoms with Crippen molar-refractivity contribution in [3.63, 3.8) is 0 Å². The molecule has 4 heteroatoms. The van der Waals surface area contributed by atoms with E-state index in [4.69, 9.17) is 11.6 Å². The summed E-state index contributed by atoms with van der Waals surface area (Å²) in [5.74, 6) is 0.307. The van der Waals surface area contributed by atoms with Crippen LogP contribution in [0.2, 0.25) is 5.02 Å². The molecule has 2 fully saturated rings. The van der Waals surface area contributed by atoms with Gasteiger partial charge in [-0.3, -0.25) is 0 Å². The number of carbonyl (C=O) groups excluding carboxylic acids is 1. The zero-order valence-electron chi connectivity index (χ0n) is 10.2. The van der Waals surface area contributed by atoms with Crippen LogP contribution in [0.1, 0.15) is 59.0 Å². The van der Waals surface area contributed by atoms with Crippen LogP contribution in [0, 0.1) is 0 Å². The maximum atomic E-state index is 11.6. The quantitative estimate of drug-likeness (QED) is 0.851. The van der Waals surface area contributed by atoms with Crippen LogP contribution in [0.25, 0.3) is 0 Å². The molecule has 3 rings (SSSR count). The fraction of sp³-hybridized carbons (Fsp3) is 0.500. The van der Waals surface area contributed by atoms with Gasteiger partial charge in [0.2, 0.25) is 0 Å². The second-order valence-corrected chi connectivity index (χ2v) is 5.51. The molecule has 2 saturated carbocycles. The first kappa shape index (κ1) is 11.8. The molecule has 1 aromatic carbocycles. The molecule has 96 valence electrons. The number of rotatable bonds is 3. The molecular weight excluding hydrogens is 252 g/mol. The lowest BCUT2D eigenvalue weighted by Crippen LogP contribution is -2.05. The first-order chi connectivity index (χ1) is 8.63. The standard InChI is InChI=1S/C14H15ClO3/c1-18-14(17)10-6-9(7-2-3-7)11(8-4-5-8)12(15)13(10)16/h6-8,16H,2-5H2,1H3. The third kappa shape index (κ3) is 1.87. The van der Waals surface area contributed by atoms with Gasteiger partial charge in [-0.15, -0.1) is 0 Å². The van der Waals surface area contributed by atoms with Gasteiger partial charge in [-0.2, -0.15) is 0 Å². The molecule has 0 unspecified atom stereocenters. The molecule has 1 aromatic rings. The predicted octanol–water partition coefficient (Wildman–Crippen LogP) is 3.59. The molecule has 0 saturated heterocycles. The number of ether oxygens (including phenoxy) is 1. The van der Waals surface area contributed by atoms with E-state index in [1.54, 1.807) is 6.07 Å². The number of halogens is 1. The van der Waals surface area contributed by atoms with Gasteiger partial charge in [0.1, 0.15) is 11.3 Å². The Balaban J connectivity index is 2.15. The first-order valence-corrected chi connectivity index (χ1v) is 6.64. The zero-order valence-corrected chi connectivity index (χ0v) is 11.0. The lowest BCUT2D eigenvalue weighted by molar-refractivity contribution is 0.0597. The Bertz CT molecular complexity index is 516. The van der Waals surface area contributed by atoms with Crippen LogP contribution in [0.15, 0.2) is 6.07 Å². The second kappa shape index (κ2) is 4.16. The maximum Gasteiger partial charge on any atom is 0.341 e. The Labute approximate surface area is 111 Å². The number of methoxy groups -OCH3 is 1. The molecule has 18 heavy (non-hydrogen) atoms. The average Bonchev–Trinajstić information content (AvgIpc) is 3.22. The van der Waals surface area contributed by atoms with Crippen molar-refractivity contribution in [2.24, 2.45) is 0 Å². The average molecular weight is 267 g/mol. The Kier molecular flexibility index (Phi) is 2.74. The van der Waals surface area contributed by atoms with Gasteiger partial charge in [0.15, 0.2) is 0 Å². The van der Waals surface area contributed by atoms with Gasteiger partial charge < -0.3 is 9.84 Å². The molecule has 0 aliphatic heterocycles. The van der Waals surface area contributed by atoms with E-state index in [0.717, 1.165) is 36.8 Å². The Morgan fingerprint density at radius 3 is 2.44 bits per heavy atom. The largest absolute Gasteiger partial charge is 0.505 e. The van der Waals surface area contributed by atoms with Crippen molar-refractivity contribution in [2.45, 2.75) is 37.5 Å². The van der Waals surface area contributed by atoms with Gasteiger partial charge in [-0.25, -0.2) is 4.79 Å². The Hall–Kier alpha value is -1.22. The van der Waals surface area contributed by atoms with Crippen molar-refractivity contribution < 1.29 is 14.6 Å². The topological polar surface area (TPSA) is 46.5 Å². The SMILES string of the molecule is COC(=O)c1cc(C2CC2)c(C2CC2)c(Cl)c1O. The van der Waals surface area contributed by atoms with Crippen LogP contribution in [-0.2, 0) is 4.74 Å². The fourth-order valence-corrected chi connectivity index (χ4v) is 2.82. The Morgan fingerprint density at radius 2 is 1.94 bits per heavy atom. The van der Waals surface area contributed by atoms with E-state index in [1.807, 2.05) is 0 Å². The minimum absolute atomic E-state index is 0.130. The number of hydrogen-bond donors (Lipinski definition) is 1. The van der Waals surface area contributed by atoms with E-state index >= 15 is 0 Å². The summed E-state index contributed by atoms with van der Waals surface area (Å²) >= 11 is 6.25. The lowest BCUT2D eigenvalue weighted by Gasteiger charge is -2.14. The normalized spacial score (nSPS) is 18.8. The van der Waals surface area contributed by atoms with Crippen LogP contribution in [-0.4, -0.2) is 18.2 Å². The summed E-state index contributed by atoms with van der Waals surface area (Å²) in [5.41, 5.74) is 2.39. The number of benzene rings is 1. The van der Waals surface area contributed by atoms with Gasteiger partial charge in [-0.05, 0) is 54.7 Å². The smallest absolute Gasteiger partial charge is 0.341 e. The zero-order chi connectivity index (χ0) is 12.9. The molecule has 0 spiro atoms. The number of aromatic hydroxyl groups is 1. The lowest BCUT2D eigenvalue weighted by atomic mass is 9.96. The van der Waals surface area contributed by atoms with Gasteiger partial charge in [0, 0.05) is 0 Å². The highest BCUT2D eigenvalue weighted by Gasteiger charge is 2.36. The molecule has 3 nitrogen and oxygen atoms in total. The highest BCUT2D eigenvalue weighted by molar-refractivity contribution is 6.33. The summed E-state index contributed by atoms with van der Waals surface area (Å²) < 4.78 is 4.69. The molecule has 2 aliphatic rings. The van der Waals surface area contributed by atoms with E-state index in [2.05, 4.69) is 4.74 Å². The highest BCUT2D eigenvalue weighted by atomic mass is 35.5. The van der Waals surface area contributed by atoms with Crippen molar-refractivity contribution >= 4 is 17.6 Å². The van der Waals surface area contributed by atoms with Crippen LogP contribution in [0.5, 0.6) is 5.75 Å². The first-order valence-electron chi connectivity index (χ1n) is 6.27. The summed E-state index contributed by atoms with van der Waals surface area (Å²) in [6.07, 6.45) is 4.52.